The van der Waals surface area contributed by atoms with E-state index in [2.05, 4.69) is 47.1 Å². The Kier molecular flexibility index (Phi) is 5.77. The van der Waals surface area contributed by atoms with E-state index in [4.69, 9.17) is 0 Å². The normalized spacial score (nSPS) is 12.6. The molecule has 4 nitrogen and oxygen atoms in total. The summed E-state index contributed by atoms with van der Waals surface area (Å²) in [6.45, 7) is 9.85. The van der Waals surface area contributed by atoms with Gasteiger partial charge in [0.15, 0.2) is 0 Å². The van der Waals surface area contributed by atoms with Gasteiger partial charge >= 0.3 is 0 Å². The van der Waals surface area contributed by atoms with Crippen molar-refractivity contribution in [3.8, 4) is 0 Å². The quantitative estimate of drug-likeness (QED) is 0.776. The second-order valence-corrected chi connectivity index (χ2v) is 7.01. The first-order chi connectivity index (χ1) is 10.5. The Balaban J connectivity index is 2.03. The van der Waals surface area contributed by atoms with Crippen LogP contribution in [0.3, 0.4) is 0 Å². The minimum absolute atomic E-state index is 0.132. The van der Waals surface area contributed by atoms with Gasteiger partial charge in [-0.3, -0.25) is 4.79 Å². The summed E-state index contributed by atoms with van der Waals surface area (Å²) in [6, 6.07) is 2.22. The maximum Gasteiger partial charge on any atom is 0.224 e. The lowest BCUT2D eigenvalue weighted by molar-refractivity contribution is -0.133. The molecule has 0 spiro atoms. The summed E-state index contributed by atoms with van der Waals surface area (Å²) in [7, 11) is 0. The minimum atomic E-state index is 0.132. The van der Waals surface area contributed by atoms with Crippen LogP contribution in [-0.4, -0.2) is 26.9 Å². The Hall–Kier alpha value is -1.62. The van der Waals surface area contributed by atoms with Crippen molar-refractivity contribution >= 4 is 17.2 Å². The van der Waals surface area contributed by atoms with Gasteiger partial charge in [0.2, 0.25) is 5.91 Å². The first kappa shape index (κ1) is 16.7. The number of thiophene rings is 1. The molecule has 0 aliphatic carbocycles. The molecular weight excluding hydrogens is 294 g/mol. The van der Waals surface area contributed by atoms with Crippen LogP contribution in [0.1, 0.15) is 44.6 Å². The van der Waals surface area contributed by atoms with Gasteiger partial charge in [-0.1, -0.05) is 13.8 Å². The first-order valence-electron chi connectivity index (χ1n) is 7.75. The predicted octanol–water partition coefficient (Wildman–Crippen LogP) is 3.89. The Morgan fingerprint density at radius 1 is 1.41 bits per heavy atom. The van der Waals surface area contributed by atoms with Crippen LogP contribution in [0.5, 0.6) is 0 Å². The number of hydrogen-bond acceptors (Lipinski definition) is 3. The molecule has 2 aromatic heterocycles. The molecule has 120 valence electrons. The molecule has 1 amide bonds. The van der Waals surface area contributed by atoms with E-state index < -0.39 is 0 Å². The van der Waals surface area contributed by atoms with Gasteiger partial charge in [0, 0.05) is 37.9 Å². The Morgan fingerprint density at radius 3 is 2.73 bits per heavy atom. The first-order valence-corrected chi connectivity index (χ1v) is 8.70. The molecule has 0 aliphatic rings. The van der Waals surface area contributed by atoms with Crippen molar-refractivity contribution in [1.82, 2.24) is 14.5 Å². The highest BCUT2D eigenvalue weighted by atomic mass is 32.1. The average Bonchev–Trinajstić information content (AvgIpc) is 3.08. The standard InChI is InChI=1S/C17H25N3OS/c1-13(2)10-19(11-16-5-8-22-12-16)17(21)9-14(3)20-7-6-18-15(20)4/h5-8,12-14H,9-11H2,1-4H3. The van der Waals surface area contributed by atoms with Crippen molar-refractivity contribution in [2.45, 2.75) is 46.7 Å². The number of carbonyl (C=O) groups is 1. The summed E-state index contributed by atoms with van der Waals surface area (Å²) in [6.07, 6.45) is 4.24. The van der Waals surface area contributed by atoms with Crippen LogP contribution in [-0.2, 0) is 11.3 Å². The molecule has 0 saturated carbocycles. The van der Waals surface area contributed by atoms with Crippen molar-refractivity contribution in [2.24, 2.45) is 5.92 Å². The zero-order chi connectivity index (χ0) is 16.1. The lowest BCUT2D eigenvalue weighted by Crippen LogP contribution is -2.34. The van der Waals surface area contributed by atoms with E-state index in [0.717, 1.165) is 12.4 Å². The SMILES string of the molecule is Cc1nccn1C(C)CC(=O)N(Cc1ccsc1)CC(C)C. The fourth-order valence-electron chi connectivity index (χ4n) is 2.63. The number of imidazole rings is 1. The summed E-state index contributed by atoms with van der Waals surface area (Å²) in [5, 5.41) is 4.18. The molecule has 1 unspecified atom stereocenters. The van der Waals surface area contributed by atoms with E-state index in [0.29, 0.717) is 18.9 Å². The van der Waals surface area contributed by atoms with Gasteiger partial charge in [0.05, 0.1) is 0 Å². The highest BCUT2D eigenvalue weighted by Crippen LogP contribution is 2.17. The molecular formula is C17H25N3OS. The van der Waals surface area contributed by atoms with Crippen LogP contribution in [0.2, 0.25) is 0 Å². The number of nitrogens with zero attached hydrogens (tertiary/aromatic N) is 3. The fraction of sp³-hybridized carbons (Fsp3) is 0.529. The largest absolute Gasteiger partial charge is 0.338 e. The molecule has 0 aliphatic heterocycles. The molecule has 22 heavy (non-hydrogen) atoms. The highest BCUT2D eigenvalue weighted by Gasteiger charge is 2.19. The molecule has 2 heterocycles. The van der Waals surface area contributed by atoms with Crippen LogP contribution >= 0.6 is 11.3 Å². The second-order valence-electron chi connectivity index (χ2n) is 6.23. The topological polar surface area (TPSA) is 38.1 Å². The summed E-state index contributed by atoms with van der Waals surface area (Å²) < 4.78 is 2.07. The van der Waals surface area contributed by atoms with E-state index in [1.807, 2.05) is 18.0 Å². The predicted molar refractivity (Wildman–Crippen MR) is 90.9 cm³/mol. The molecule has 2 rings (SSSR count). The summed E-state index contributed by atoms with van der Waals surface area (Å²) in [5.41, 5.74) is 1.21. The van der Waals surface area contributed by atoms with Crippen molar-refractivity contribution < 1.29 is 4.79 Å². The van der Waals surface area contributed by atoms with Crippen LogP contribution < -0.4 is 0 Å². The van der Waals surface area contributed by atoms with E-state index >= 15 is 0 Å². The van der Waals surface area contributed by atoms with Crippen LogP contribution in [0.25, 0.3) is 0 Å². The molecule has 0 N–H and O–H groups in total. The smallest absolute Gasteiger partial charge is 0.224 e. The molecule has 0 aromatic carbocycles. The van der Waals surface area contributed by atoms with Gasteiger partial charge in [-0.15, -0.1) is 0 Å². The Bertz CT molecular complexity index is 589. The van der Waals surface area contributed by atoms with Crippen LogP contribution in [0, 0.1) is 12.8 Å². The third-order valence-corrected chi connectivity index (χ3v) is 4.43. The number of hydrogen-bond donors (Lipinski definition) is 0. The van der Waals surface area contributed by atoms with Gasteiger partial charge in [0.25, 0.3) is 0 Å². The van der Waals surface area contributed by atoms with Crippen LogP contribution in [0.15, 0.2) is 29.2 Å². The molecule has 0 fully saturated rings. The van der Waals surface area contributed by atoms with Gasteiger partial charge < -0.3 is 9.47 Å². The zero-order valence-electron chi connectivity index (χ0n) is 13.8. The number of amides is 1. The number of aryl methyl sites for hydroxylation is 1. The number of rotatable bonds is 7. The number of carbonyl (C=O) groups excluding carboxylic acids is 1. The lowest BCUT2D eigenvalue weighted by Gasteiger charge is -2.26. The summed E-state index contributed by atoms with van der Waals surface area (Å²) in [5.74, 6) is 1.63. The van der Waals surface area contributed by atoms with Crippen LogP contribution in [0.4, 0.5) is 0 Å². The Labute approximate surface area is 136 Å². The fourth-order valence-corrected chi connectivity index (χ4v) is 3.29. The van der Waals surface area contributed by atoms with Gasteiger partial charge in [-0.25, -0.2) is 4.98 Å². The molecule has 2 aromatic rings. The maximum atomic E-state index is 12.7. The van der Waals surface area contributed by atoms with Crippen molar-refractivity contribution in [3.05, 3.63) is 40.6 Å². The Morgan fingerprint density at radius 2 is 2.18 bits per heavy atom. The van der Waals surface area contributed by atoms with E-state index in [1.54, 1.807) is 17.5 Å². The van der Waals surface area contributed by atoms with Crippen molar-refractivity contribution in [1.29, 1.82) is 0 Å². The molecule has 0 bridgehead atoms. The zero-order valence-corrected chi connectivity index (χ0v) is 14.6. The molecule has 0 radical (unpaired) electrons. The summed E-state index contributed by atoms with van der Waals surface area (Å²) >= 11 is 1.68. The third kappa shape index (κ3) is 4.44. The van der Waals surface area contributed by atoms with Gasteiger partial charge in [0.1, 0.15) is 5.82 Å². The number of aromatic nitrogens is 2. The lowest BCUT2D eigenvalue weighted by atomic mass is 10.1. The molecule has 1 atom stereocenters. The van der Waals surface area contributed by atoms with Crippen molar-refractivity contribution in [3.63, 3.8) is 0 Å². The van der Waals surface area contributed by atoms with Crippen molar-refractivity contribution in [2.75, 3.05) is 6.54 Å². The molecule has 0 saturated heterocycles. The second kappa shape index (κ2) is 7.58. The van der Waals surface area contributed by atoms with Gasteiger partial charge in [-0.2, -0.15) is 11.3 Å². The van der Waals surface area contributed by atoms with E-state index in [9.17, 15) is 4.79 Å². The van der Waals surface area contributed by atoms with E-state index in [-0.39, 0.29) is 11.9 Å². The summed E-state index contributed by atoms with van der Waals surface area (Å²) in [4.78, 5) is 18.9. The monoisotopic (exact) mass is 319 g/mol. The maximum absolute atomic E-state index is 12.7. The minimum Gasteiger partial charge on any atom is -0.338 e. The van der Waals surface area contributed by atoms with E-state index in [1.165, 1.54) is 5.56 Å². The third-order valence-electron chi connectivity index (χ3n) is 3.70. The van der Waals surface area contributed by atoms with Gasteiger partial charge in [-0.05, 0) is 42.2 Å². The average molecular weight is 319 g/mol. The molecule has 5 heteroatoms. The highest BCUT2D eigenvalue weighted by molar-refractivity contribution is 7.07.